The first-order valence-electron chi connectivity index (χ1n) is 7.55. The summed E-state index contributed by atoms with van der Waals surface area (Å²) in [5.74, 6) is 0.274. The van der Waals surface area contributed by atoms with Gasteiger partial charge in [-0.25, -0.2) is 4.98 Å². The van der Waals surface area contributed by atoms with Gasteiger partial charge in [-0.05, 0) is 25.1 Å². The number of pyridine rings is 1. The zero-order chi connectivity index (χ0) is 18.9. The summed E-state index contributed by atoms with van der Waals surface area (Å²) in [4.78, 5) is 13.0. The van der Waals surface area contributed by atoms with E-state index in [2.05, 4.69) is 34.1 Å². The van der Waals surface area contributed by atoms with Gasteiger partial charge in [-0.1, -0.05) is 13.8 Å². The van der Waals surface area contributed by atoms with Gasteiger partial charge in [-0.2, -0.15) is 13.2 Å². The number of hydrogen-bond donors (Lipinski definition) is 1. The van der Waals surface area contributed by atoms with Crippen LogP contribution in [0.25, 0.3) is 0 Å². The second-order valence-corrected chi connectivity index (χ2v) is 7.03. The smallest absolute Gasteiger partial charge is 0.371 e. The van der Waals surface area contributed by atoms with Crippen molar-refractivity contribution in [2.75, 3.05) is 12.4 Å². The average Bonchev–Trinajstić information content (AvgIpc) is 2.52. The van der Waals surface area contributed by atoms with Crippen molar-refractivity contribution in [3.8, 4) is 0 Å². The molecule has 0 aromatic carbocycles. The zero-order valence-electron chi connectivity index (χ0n) is 14.5. The van der Waals surface area contributed by atoms with Crippen molar-refractivity contribution < 1.29 is 13.2 Å². The van der Waals surface area contributed by atoms with Gasteiger partial charge in [0.2, 0.25) is 0 Å². The van der Waals surface area contributed by atoms with E-state index in [0.717, 1.165) is 17.2 Å². The number of anilines is 1. The number of thioether (sulfide) groups is 1. The Hall–Kier alpha value is -2.09. The van der Waals surface area contributed by atoms with Crippen LogP contribution >= 0.6 is 11.8 Å². The highest BCUT2D eigenvalue weighted by molar-refractivity contribution is 8.03. The molecule has 0 atom stereocenters. The SMILES string of the molecule is CNc1ncc(C(F)(F)F)cc1N=C/C=C/C=N/C=C(\C)SC(C)C. The highest BCUT2D eigenvalue weighted by Crippen LogP contribution is 2.33. The van der Waals surface area contributed by atoms with Crippen molar-refractivity contribution in [2.45, 2.75) is 32.2 Å². The number of aliphatic imine (C=N–C) groups is 2. The highest BCUT2D eigenvalue weighted by Gasteiger charge is 2.31. The van der Waals surface area contributed by atoms with E-state index in [1.807, 2.05) is 6.92 Å². The molecule has 0 saturated heterocycles. The van der Waals surface area contributed by atoms with Gasteiger partial charge in [0.05, 0.1) is 5.56 Å². The number of hydrogen-bond acceptors (Lipinski definition) is 5. The fraction of sp³-hybridized carbons (Fsp3) is 0.353. The molecule has 0 aliphatic heterocycles. The van der Waals surface area contributed by atoms with Gasteiger partial charge in [0, 0.05) is 42.0 Å². The summed E-state index contributed by atoms with van der Waals surface area (Å²) in [5, 5.41) is 3.21. The Morgan fingerprint density at radius 2 is 1.96 bits per heavy atom. The molecule has 1 heterocycles. The van der Waals surface area contributed by atoms with Gasteiger partial charge >= 0.3 is 6.18 Å². The largest absolute Gasteiger partial charge is 0.417 e. The minimum atomic E-state index is -4.45. The molecule has 8 heteroatoms. The molecule has 0 unspecified atom stereocenters. The molecule has 0 fully saturated rings. The number of nitrogens with zero attached hydrogens (tertiary/aromatic N) is 3. The summed E-state index contributed by atoms with van der Waals surface area (Å²) in [6.45, 7) is 6.18. The average molecular weight is 370 g/mol. The molecule has 4 nitrogen and oxygen atoms in total. The summed E-state index contributed by atoms with van der Waals surface area (Å²) in [6.07, 6.45) is 4.28. The van der Waals surface area contributed by atoms with Crippen LogP contribution in [0, 0.1) is 0 Å². The molecule has 1 rings (SSSR count). The molecule has 0 spiro atoms. The lowest BCUT2D eigenvalue weighted by Gasteiger charge is -2.09. The van der Waals surface area contributed by atoms with E-state index < -0.39 is 11.7 Å². The first-order valence-corrected chi connectivity index (χ1v) is 8.43. The molecule has 0 saturated carbocycles. The third kappa shape index (κ3) is 8.02. The lowest BCUT2D eigenvalue weighted by Crippen LogP contribution is -2.06. The van der Waals surface area contributed by atoms with E-state index in [9.17, 15) is 13.2 Å². The Bertz CT molecular complexity index is 677. The van der Waals surface area contributed by atoms with E-state index in [1.54, 1.807) is 43.4 Å². The molecular formula is C17H21F3N4S. The predicted molar refractivity (Wildman–Crippen MR) is 101 cm³/mol. The fourth-order valence-electron chi connectivity index (χ4n) is 1.72. The Kier molecular flexibility index (Phi) is 8.40. The maximum absolute atomic E-state index is 12.7. The van der Waals surface area contributed by atoms with Crippen LogP contribution in [-0.2, 0) is 6.18 Å². The van der Waals surface area contributed by atoms with E-state index >= 15 is 0 Å². The summed E-state index contributed by atoms with van der Waals surface area (Å²) in [5.41, 5.74) is -0.726. The summed E-state index contributed by atoms with van der Waals surface area (Å²) in [7, 11) is 1.57. The Balaban J connectivity index is 2.75. The van der Waals surface area contributed by atoms with Gasteiger partial charge < -0.3 is 5.32 Å². The van der Waals surface area contributed by atoms with Gasteiger partial charge in [-0.15, -0.1) is 11.8 Å². The van der Waals surface area contributed by atoms with Crippen LogP contribution in [0.5, 0.6) is 0 Å². The van der Waals surface area contributed by atoms with Crippen molar-refractivity contribution in [3.63, 3.8) is 0 Å². The van der Waals surface area contributed by atoms with E-state index in [4.69, 9.17) is 0 Å². The summed E-state index contributed by atoms with van der Waals surface area (Å²) in [6, 6.07) is 0.951. The first-order chi connectivity index (χ1) is 11.7. The van der Waals surface area contributed by atoms with Crippen LogP contribution in [0.4, 0.5) is 24.7 Å². The number of allylic oxidation sites excluding steroid dienone is 3. The van der Waals surface area contributed by atoms with Crippen LogP contribution in [0.1, 0.15) is 26.3 Å². The number of rotatable bonds is 7. The highest BCUT2D eigenvalue weighted by atomic mass is 32.2. The quantitative estimate of drug-likeness (QED) is 0.647. The van der Waals surface area contributed by atoms with Crippen molar-refractivity contribution >= 4 is 35.7 Å². The predicted octanol–water partition coefficient (Wildman–Crippen LogP) is 5.47. The maximum atomic E-state index is 12.7. The van der Waals surface area contributed by atoms with E-state index in [-0.39, 0.29) is 11.5 Å². The van der Waals surface area contributed by atoms with Crippen LogP contribution < -0.4 is 5.32 Å². The first kappa shape index (κ1) is 21.0. The van der Waals surface area contributed by atoms with Crippen LogP contribution in [0.3, 0.4) is 0 Å². The third-order valence-corrected chi connectivity index (χ3v) is 3.64. The van der Waals surface area contributed by atoms with Gasteiger partial charge in [-0.3, -0.25) is 9.98 Å². The van der Waals surface area contributed by atoms with Crippen LogP contribution in [-0.4, -0.2) is 29.7 Å². The topological polar surface area (TPSA) is 49.6 Å². The molecular weight excluding hydrogens is 349 g/mol. The number of alkyl halides is 3. The lowest BCUT2D eigenvalue weighted by atomic mass is 10.2. The molecule has 0 radical (unpaired) electrons. The molecule has 1 N–H and O–H groups in total. The number of nitrogens with one attached hydrogen (secondary N) is 1. The monoisotopic (exact) mass is 370 g/mol. The van der Waals surface area contributed by atoms with Crippen molar-refractivity contribution in [3.05, 3.63) is 41.1 Å². The van der Waals surface area contributed by atoms with E-state index in [1.165, 1.54) is 6.21 Å². The molecule has 25 heavy (non-hydrogen) atoms. The Labute approximate surface area is 150 Å². The molecule has 136 valence electrons. The fourth-order valence-corrected chi connectivity index (χ4v) is 2.59. The number of aromatic nitrogens is 1. The molecule has 0 amide bonds. The van der Waals surface area contributed by atoms with Crippen LogP contribution in [0.2, 0.25) is 0 Å². The lowest BCUT2D eigenvalue weighted by molar-refractivity contribution is -0.137. The minimum Gasteiger partial charge on any atom is -0.371 e. The summed E-state index contributed by atoms with van der Waals surface area (Å²) < 4.78 is 38.2. The van der Waals surface area contributed by atoms with Crippen molar-refractivity contribution in [1.82, 2.24) is 4.98 Å². The molecule has 0 aliphatic carbocycles. The van der Waals surface area contributed by atoms with Gasteiger partial charge in [0.15, 0.2) is 5.82 Å². The molecule has 1 aromatic heterocycles. The molecule has 0 aliphatic rings. The summed E-state index contributed by atoms with van der Waals surface area (Å²) >= 11 is 1.72. The standard InChI is InChI=1S/C17H21F3N4S/c1-12(2)25-13(3)10-22-7-5-6-8-23-15-9-14(17(18,19)20)11-24-16(15)21-4/h5-12H,1-4H3,(H,21,24)/b6-5+,13-10+,22-7+,23-8?. The minimum absolute atomic E-state index is 0.114. The van der Waals surface area contributed by atoms with Crippen molar-refractivity contribution in [2.24, 2.45) is 9.98 Å². The van der Waals surface area contributed by atoms with Crippen molar-refractivity contribution in [1.29, 1.82) is 0 Å². The Morgan fingerprint density at radius 3 is 2.56 bits per heavy atom. The van der Waals surface area contributed by atoms with E-state index in [0.29, 0.717) is 5.25 Å². The van der Waals surface area contributed by atoms with Crippen LogP contribution in [0.15, 0.2) is 45.5 Å². The normalized spacial score (nSPS) is 13.7. The maximum Gasteiger partial charge on any atom is 0.417 e. The molecule has 1 aromatic rings. The molecule has 0 bridgehead atoms. The van der Waals surface area contributed by atoms with Gasteiger partial charge in [0.25, 0.3) is 0 Å². The van der Waals surface area contributed by atoms with Gasteiger partial charge in [0.1, 0.15) is 5.69 Å². The third-order valence-electron chi connectivity index (χ3n) is 2.69. The second kappa shape index (κ2) is 10.0. The Morgan fingerprint density at radius 1 is 1.28 bits per heavy atom. The zero-order valence-corrected chi connectivity index (χ0v) is 15.3. The second-order valence-electron chi connectivity index (χ2n) is 5.21. The number of halogens is 3.